The van der Waals surface area contributed by atoms with Gasteiger partial charge in [-0.25, -0.2) is 8.42 Å². The molecule has 0 amide bonds. The Labute approximate surface area is 144 Å². The van der Waals surface area contributed by atoms with Crippen LogP contribution < -0.4 is 10.1 Å². The normalized spacial score (nSPS) is 13.3. The van der Waals surface area contributed by atoms with Crippen LogP contribution in [0.4, 0.5) is 18.9 Å². The summed E-state index contributed by atoms with van der Waals surface area (Å²) in [6.07, 6.45) is 0.449. The van der Waals surface area contributed by atoms with Crippen LogP contribution in [0.25, 0.3) is 0 Å². The Bertz CT molecular complexity index is 835. The van der Waals surface area contributed by atoms with Gasteiger partial charge in [0.2, 0.25) is 0 Å². The number of rotatable bonds is 6. The van der Waals surface area contributed by atoms with Crippen LogP contribution in [-0.4, -0.2) is 27.1 Å². The zero-order chi connectivity index (χ0) is 18.7. The van der Waals surface area contributed by atoms with Crippen LogP contribution in [0.15, 0.2) is 53.4 Å². The van der Waals surface area contributed by atoms with Gasteiger partial charge < -0.3 is 10.1 Å². The van der Waals surface area contributed by atoms with E-state index in [2.05, 4.69) is 5.32 Å². The van der Waals surface area contributed by atoms with Crippen LogP contribution in [0, 0.1) is 0 Å². The molecule has 2 aromatic rings. The highest BCUT2D eigenvalue weighted by Crippen LogP contribution is 2.34. The predicted molar refractivity (Wildman–Crippen MR) is 89.5 cm³/mol. The van der Waals surface area contributed by atoms with Gasteiger partial charge in [-0.2, -0.15) is 13.2 Å². The highest BCUT2D eigenvalue weighted by molar-refractivity contribution is 7.92. The van der Waals surface area contributed by atoms with Gasteiger partial charge in [-0.1, -0.05) is 30.3 Å². The fraction of sp³-hybridized carbons (Fsp3) is 0.294. The first-order valence-corrected chi connectivity index (χ1v) is 8.94. The Morgan fingerprint density at radius 1 is 1.08 bits per heavy atom. The lowest BCUT2D eigenvalue weighted by Crippen LogP contribution is -2.26. The Balaban J connectivity index is 2.27. The minimum absolute atomic E-state index is 0.0813. The first-order valence-electron chi connectivity index (χ1n) is 7.45. The van der Waals surface area contributed by atoms with Crippen molar-refractivity contribution < 1.29 is 26.3 Å². The average Bonchev–Trinajstić information content (AvgIpc) is 2.54. The largest absolute Gasteiger partial charge is 0.501 e. The zero-order valence-corrected chi connectivity index (χ0v) is 14.5. The molecule has 4 nitrogen and oxygen atoms in total. The van der Waals surface area contributed by atoms with Crippen molar-refractivity contribution in [2.45, 2.75) is 29.8 Å². The Hall–Kier alpha value is -2.22. The molecule has 1 atom stereocenters. The molecule has 0 fully saturated rings. The van der Waals surface area contributed by atoms with E-state index in [0.717, 1.165) is 11.6 Å². The molecule has 1 N–H and O–H groups in total. The van der Waals surface area contributed by atoms with Gasteiger partial charge in [0, 0.05) is 6.04 Å². The average molecular weight is 373 g/mol. The number of hydrogen-bond donors (Lipinski definition) is 1. The van der Waals surface area contributed by atoms with Crippen molar-refractivity contribution in [3.05, 3.63) is 54.1 Å². The molecular weight excluding hydrogens is 355 g/mol. The third kappa shape index (κ3) is 4.25. The summed E-state index contributed by atoms with van der Waals surface area (Å²) in [6, 6.07) is 11.9. The minimum atomic E-state index is -5.43. The van der Waals surface area contributed by atoms with Crippen LogP contribution >= 0.6 is 0 Å². The number of ether oxygens (including phenoxy) is 1. The second-order valence-corrected chi connectivity index (χ2v) is 7.42. The van der Waals surface area contributed by atoms with Crippen molar-refractivity contribution in [1.29, 1.82) is 0 Å². The quantitative estimate of drug-likeness (QED) is 0.831. The summed E-state index contributed by atoms with van der Waals surface area (Å²) in [4.78, 5) is -0.783. The summed E-state index contributed by atoms with van der Waals surface area (Å²) in [6.45, 7) is 1.75. The highest BCUT2D eigenvalue weighted by atomic mass is 32.2. The standard InChI is InChI=1S/C17H18F3NO3S/c1-12(11-13-7-3-5-9-15(13)24-2)21-14-8-4-6-10-16(14)25(22,23)17(18,19)20/h3-10,12,21H,11H2,1-2H3/t12-/m0/s1. The molecule has 0 heterocycles. The molecule has 0 aliphatic heterocycles. The molecule has 0 aliphatic carbocycles. The van der Waals surface area contributed by atoms with Crippen LogP contribution in [-0.2, 0) is 16.3 Å². The predicted octanol–water partition coefficient (Wildman–Crippen LogP) is 4.03. The van der Waals surface area contributed by atoms with Gasteiger partial charge in [-0.05, 0) is 37.1 Å². The molecule has 0 saturated carbocycles. The number of benzene rings is 2. The number of sulfone groups is 1. The fourth-order valence-electron chi connectivity index (χ4n) is 2.46. The molecule has 25 heavy (non-hydrogen) atoms. The number of nitrogens with one attached hydrogen (secondary N) is 1. The number of hydrogen-bond acceptors (Lipinski definition) is 4. The van der Waals surface area contributed by atoms with Gasteiger partial charge in [0.05, 0.1) is 17.7 Å². The van der Waals surface area contributed by atoms with Crippen LogP contribution in [0.5, 0.6) is 5.75 Å². The number of alkyl halides is 3. The van der Waals surface area contributed by atoms with Crippen molar-refractivity contribution >= 4 is 15.5 Å². The van der Waals surface area contributed by atoms with Gasteiger partial charge in [0.1, 0.15) is 5.75 Å². The van der Waals surface area contributed by atoms with E-state index in [-0.39, 0.29) is 11.7 Å². The van der Waals surface area contributed by atoms with Crippen molar-refractivity contribution in [1.82, 2.24) is 0 Å². The second kappa shape index (κ2) is 7.35. The van der Waals surface area contributed by atoms with Crippen molar-refractivity contribution in [2.75, 3.05) is 12.4 Å². The number of halogens is 3. The fourth-order valence-corrected chi connectivity index (χ4v) is 3.39. The van der Waals surface area contributed by atoms with Crippen LogP contribution in [0.3, 0.4) is 0 Å². The molecule has 2 rings (SSSR count). The van der Waals surface area contributed by atoms with E-state index in [0.29, 0.717) is 12.2 Å². The molecule has 0 bridgehead atoms. The van der Waals surface area contributed by atoms with Crippen LogP contribution in [0.2, 0.25) is 0 Å². The maximum absolute atomic E-state index is 12.8. The molecule has 0 aromatic heterocycles. The smallest absolute Gasteiger partial charge is 0.496 e. The van der Waals surface area contributed by atoms with E-state index in [1.807, 2.05) is 18.2 Å². The lowest BCUT2D eigenvalue weighted by atomic mass is 10.1. The molecule has 136 valence electrons. The summed E-state index contributed by atoms with van der Waals surface area (Å²) < 4.78 is 67.3. The Morgan fingerprint density at radius 2 is 1.68 bits per heavy atom. The van der Waals surface area contributed by atoms with Gasteiger partial charge in [0.25, 0.3) is 9.84 Å². The van der Waals surface area contributed by atoms with Gasteiger partial charge in [-0.3, -0.25) is 0 Å². The van der Waals surface area contributed by atoms with Crippen LogP contribution in [0.1, 0.15) is 12.5 Å². The SMILES string of the molecule is COc1ccccc1C[C@H](C)Nc1ccccc1S(=O)(=O)C(F)(F)F. The summed E-state index contributed by atoms with van der Waals surface area (Å²) >= 11 is 0. The summed E-state index contributed by atoms with van der Waals surface area (Å²) in [7, 11) is -3.90. The minimum Gasteiger partial charge on any atom is -0.496 e. The van der Waals surface area contributed by atoms with Crippen molar-refractivity contribution in [3.8, 4) is 5.75 Å². The summed E-state index contributed by atoms with van der Waals surface area (Å²) in [5.41, 5.74) is -4.57. The molecular formula is C17H18F3NO3S. The van der Waals surface area contributed by atoms with Crippen molar-refractivity contribution in [2.24, 2.45) is 0 Å². The van der Waals surface area contributed by atoms with E-state index in [9.17, 15) is 21.6 Å². The third-order valence-corrected chi connectivity index (χ3v) is 5.15. The second-order valence-electron chi connectivity index (χ2n) is 5.51. The highest BCUT2D eigenvalue weighted by Gasteiger charge is 2.47. The van der Waals surface area contributed by atoms with E-state index in [1.165, 1.54) is 25.3 Å². The number of methoxy groups -OCH3 is 1. The number of para-hydroxylation sites is 2. The molecule has 0 unspecified atom stereocenters. The lowest BCUT2D eigenvalue weighted by molar-refractivity contribution is -0.0435. The monoisotopic (exact) mass is 373 g/mol. The Morgan fingerprint density at radius 3 is 2.32 bits per heavy atom. The van der Waals surface area contributed by atoms with E-state index in [4.69, 9.17) is 4.74 Å². The first kappa shape index (κ1) is 19.1. The van der Waals surface area contributed by atoms with Gasteiger partial charge >= 0.3 is 5.51 Å². The molecule has 0 aliphatic rings. The molecule has 2 aromatic carbocycles. The first-order chi connectivity index (χ1) is 11.7. The lowest BCUT2D eigenvalue weighted by Gasteiger charge is -2.19. The van der Waals surface area contributed by atoms with E-state index in [1.54, 1.807) is 13.0 Å². The maximum atomic E-state index is 12.8. The number of anilines is 1. The topological polar surface area (TPSA) is 55.4 Å². The Kier molecular flexibility index (Phi) is 5.62. The van der Waals surface area contributed by atoms with E-state index < -0.39 is 20.2 Å². The van der Waals surface area contributed by atoms with Gasteiger partial charge in [-0.15, -0.1) is 0 Å². The maximum Gasteiger partial charge on any atom is 0.501 e. The summed E-state index contributed by atoms with van der Waals surface area (Å²) in [5, 5.41) is 2.85. The van der Waals surface area contributed by atoms with E-state index >= 15 is 0 Å². The third-order valence-electron chi connectivity index (χ3n) is 3.60. The molecule has 0 radical (unpaired) electrons. The summed E-state index contributed by atoms with van der Waals surface area (Å²) in [5.74, 6) is 0.660. The van der Waals surface area contributed by atoms with Crippen molar-refractivity contribution in [3.63, 3.8) is 0 Å². The molecule has 0 saturated heterocycles. The molecule has 0 spiro atoms. The van der Waals surface area contributed by atoms with Gasteiger partial charge in [0.15, 0.2) is 0 Å². The molecule has 8 heteroatoms. The zero-order valence-electron chi connectivity index (χ0n) is 13.7.